The number of imidazole rings is 1. The third kappa shape index (κ3) is 4.54. The quantitative estimate of drug-likeness (QED) is 0.738. The van der Waals surface area contributed by atoms with Gasteiger partial charge in [0.25, 0.3) is 0 Å². The van der Waals surface area contributed by atoms with Gasteiger partial charge in [0.2, 0.25) is 5.91 Å². The van der Waals surface area contributed by atoms with E-state index in [0.717, 1.165) is 31.6 Å². The second-order valence-electron chi connectivity index (χ2n) is 6.36. The van der Waals surface area contributed by atoms with Crippen LogP contribution in [0, 0.1) is 0 Å². The SMILES string of the molecule is NC1CCN(C(=O)CCc2nccn2CCC(=O)OC2CC2)C1. The lowest BCUT2D eigenvalue weighted by atomic mass is 10.2. The first-order chi connectivity index (χ1) is 11.1. The van der Waals surface area contributed by atoms with Crippen LogP contribution in [0.5, 0.6) is 0 Å². The molecule has 0 radical (unpaired) electrons. The number of nitrogens with two attached hydrogens (primary N) is 1. The van der Waals surface area contributed by atoms with Crippen LogP contribution in [0.2, 0.25) is 0 Å². The molecule has 23 heavy (non-hydrogen) atoms. The van der Waals surface area contributed by atoms with Crippen molar-refractivity contribution >= 4 is 11.9 Å². The Kier molecular flexibility index (Phi) is 4.95. The van der Waals surface area contributed by atoms with E-state index in [1.54, 1.807) is 6.20 Å². The zero-order valence-corrected chi connectivity index (χ0v) is 13.3. The maximum Gasteiger partial charge on any atom is 0.307 e. The number of aryl methyl sites for hydroxylation is 2. The van der Waals surface area contributed by atoms with Crippen molar-refractivity contribution in [3.05, 3.63) is 18.2 Å². The van der Waals surface area contributed by atoms with Gasteiger partial charge in [-0.25, -0.2) is 4.98 Å². The Balaban J connectivity index is 1.44. The number of esters is 1. The van der Waals surface area contributed by atoms with Crippen molar-refractivity contribution < 1.29 is 14.3 Å². The number of nitrogens with zero attached hydrogens (tertiary/aromatic N) is 3. The van der Waals surface area contributed by atoms with Crippen LogP contribution in [0.3, 0.4) is 0 Å². The minimum atomic E-state index is -0.158. The van der Waals surface area contributed by atoms with E-state index in [1.807, 2.05) is 15.7 Å². The summed E-state index contributed by atoms with van der Waals surface area (Å²) < 4.78 is 7.16. The van der Waals surface area contributed by atoms with Gasteiger partial charge in [-0.05, 0) is 19.3 Å². The second-order valence-corrected chi connectivity index (χ2v) is 6.36. The Bertz CT molecular complexity index is 567. The molecule has 126 valence electrons. The molecule has 2 heterocycles. The first kappa shape index (κ1) is 16.0. The number of rotatable bonds is 7. The largest absolute Gasteiger partial charge is 0.462 e. The maximum atomic E-state index is 12.2. The first-order valence-electron chi connectivity index (χ1n) is 8.34. The van der Waals surface area contributed by atoms with Crippen molar-refractivity contribution in [3.8, 4) is 0 Å². The number of aromatic nitrogens is 2. The van der Waals surface area contributed by atoms with Gasteiger partial charge in [0.05, 0.1) is 6.42 Å². The van der Waals surface area contributed by atoms with Crippen LogP contribution in [0.1, 0.15) is 37.9 Å². The fourth-order valence-electron chi connectivity index (χ4n) is 2.80. The minimum Gasteiger partial charge on any atom is -0.462 e. The molecule has 0 aromatic carbocycles. The number of hydrogen-bond acceptors (Lipinski definition) is 5. The van der Waals surface area contributed by atoms with Gasteiger partial charge in [0.15, 0.2) is 0 Å². The van der Waals surface area contributed by atoms with Gasteiger partial charge in [0.1, 0.15) is 11.9 Å². The van der Waals surface area contributed by atoms with Crippen molar-refractivity contribution in [2.75, 3.05) is 13.1 Å². The molecular formula is C16H24N4O3. The number of hydrogen-bond donors (Lipinski definition) is 1. The molecule has 7 heteroatoms. The zero-order valence-electron chi connectivity index (χ0n) is 13.3. The Labute approximate surface area is 135 Å². The lowest BCUT2D eigenvalue weighted by molar-refractivity contribution is -0.145. The summed E-state index contributed by atoms with van der Waals surface area (Å²) in [6, 6.07) is 0.110. The fraction of sp³-hybridized carbons (Fsp3) is 0.688. The Morgan fingerprint density at radius 3 is 2.83 bits per heavy atom. The number of carbonyl (C=O) groups excluding carboxylic acids is 2. The van der Waals surface area contributed by atoms with Crippen molar-refractivity contribution in [3.63, 3.8) is 0 Å². The summed E-state index contributed by atoms with van der Waals surface area (Å²) >= 11 is 0. The molecule has 1 aromatic heterocycles. The molecule has 2 fully saturated rings. The molecule has 1 aliphatic heterocycles. The Hall–Kier alpha value is -1.89. The average molecular weight is 320 g/mol. The van der Waals surface area contributed by atoms with Crippen LogP contribution in [0.25, 0.3) is 0 Å². The van der Waals surface area contributed by atoms with Crippen LogP contribution < -0.4 is 5.73 Å². The molecule has 2 aliphatic rings. The second kappa shape index (κ2) is 7.12. The van der Waals surface area contributed by atoms with Crippen LogP contribution in [0.15, 0.2) is 12.4 Å². The number of amides is 1. The van der Waals surface area contributed by atoms with Gasteiger partial charge in [-0.2, -0.15) is 0 Å². The molecule has 1 unspecified atom stereocenters. The van der Waals surface area contributed by atoms with E-state index in [0.29, 0.717) is 32.4 Å². The van der Waals surface area contributed by atoms with Gasteiger partial charge in [-0.3, -0.25) is 9.59 Å². The molecule has 0 bridgehead atoms. The van der Waals surface area contributed by atoms with Crippen LogP contribution in [-0.4, -0.2) is 51.6 Å². The van der Waals surface area contributed by atoms with E-state index >= 15 is 0 Å². The highest BCUT2D eigenvalue weighted by molar-refractivity contribution is 5.76. The first-order valence-corrected chi connectivity index (χ1v) is 8.34. The topological polar surface area (TPSA) is 90.5 Å². The normalized spacial score (nSPS) is 20.7. The van der Waals surface area contributed by atoms with E-state index in [-0.39, 0.29) is 24.0 Å². The van der Waals surface area contributed by atoms with Gasteiger partial charge in [0, 0.05) is 50.9 Å². The van der Waals surface area contributed by atoms with Crippen molar-refractivity contribution in [1.29, 1.82) is 0 Å². The monoisotopic (exact) mass is 320 g/mol. The van der Waals surface area contributed by atoms with E-state index in [1.165, 1.54) is 0 Å². The summed E-state index contributed by atoms with van der Waals surface area (Å²) in [6.45, 7) is 1.95. The summed E-state index contributed by atoms with van der Waals surface area (Å²) in [4.78, 5) is 29.9. The number of ether oxygens (including phenoxy) is 1. The Morgan fingerprint density at radius 1 is 1.30 bits per heavy atom. The molecule has 3 rings (SSSR count). The third-order valence-corrected chi connectivity index (χ3v) is 4.32. The summed E-state index contributed by atoms with van der Waals surface area (Å²) in [5.41, 5.74) is 5.83. The predicted octanol–water partition coefficient (Wildman–Crippen LogP) is 0.471. The molecule has 2 N–H and O–H groups in total. The zero-order chi connectivity index (χ0) is 16.2. The van der Waals surface area contributed by atoms with Crippen molar-refractivity contribution in [1.82, 2.24) is 14.5 Å². The van der Waals surface area contributed by atoms with Crippen LogP contribution >= 0.6 is 0 Å². The van der Waals surface area contributed by atoms with E-state index in [9.17, 15) is 9.59 Å². The van der Waals surface area contributed by atoms with Gasteiger partial charge >= 0.3 is 5.97 Å². The molecule has 1 aliphatic carbocycles. The summed E-state index contributed by atoms with van der Waals surface area (Å²) in [7, 11) is 0. The number of likely N-dealkylation sites (tertiary alicyclic amines) is 1. The summed E-state index contributed by atoms with van der Waals surface area (Å²) in [5, 5.41) is 0. The van der Waals surface area contributed by atoms with Gasteiger partial charge < -0.3 is 19.9 Å². The molecule has 1 saturated carbocycles. The Morgan fingerprint density at radius 2 is 2.13 bits per heavy atom. The fourth-order valence-corrected chi connectivity index (χ4v) is 2.80. The van der Waals surface area contributed by atoms with E-state index < -0.39 is 0 Å². The molecule has 1 amide bonds. The standard InChI is InChI=1S/C16H24N4O3/c17-12-5-8-20(11-12)15(21)4-3-14-18-7-10-19(14)9-6-16(22)23-13-1-2-13/h7,10,12-13H,1-6,8-9,11,17H2. The van der Waals surface area contributed by atoms with Crippen molar-refractivity contribution in [2.24, 2.45) is 5.73 Å². The molecule has 1 atom stereocenters. The molecular weight excluding hydrogens is 296 g/mol. The van der Waals surface area contributed by atoms with Crippen LogP contribution in [-0.2, 0) is 27.3 Å². The smallest absolute Gasteiger partial charge is 0.307 e. The highest BCUT2D eigenvalue weighted by atomic mass is 16.5. The molecule has 1 saturated heterocycles. The molecule has 0 spiro atoms. The predicted molar refractivity (Wildman–Crippen MR) is 83.5 cm³/mol. The van der Waals surface area contributed by atoms with Gasteiger partial charge in [-0.15, -0.1) is 0 Å². The van der Waals surface area contributed by atoms with E-state index in [2.05, 4.69) is 4.98 Å². The third-order valence-electron chi connectivity index (χ3n) is 4.32. The minimum absolute atomic E-state index is 0.110. The highest BCUT2D eigenvalue weighted by Gasteiger charge is 2.26. The summed E-state index contributed by atoms with van der Waals surface area (Å²) in [5.74, 6) is 0.802. The van der Waals surface area contributed by atoms with E-state index in [4.69, 9.17) is 10.5 Å². The van der Waals surface area contributed by atoms with Crippen LogP contribution in [0.4, 0.5) is 0 Å². The highest BCUT2D eigenvalue weighted by Crippen LogP contribution is 2.24. The van der Waals surface area contributed by atoms with Gasteiger partial charge in [-0.1, -0.05) is 0 Å². The number of carbonyl (C=O) groups is 2. The lowest BCUT2D eigenvalue weighted by Crippen LogP contribution is -2.32. The lowest BCUT2D eigenvalue weighted by Gasteiger charge is -2.15. The summed E-state index contributed by atoms with van der Waals surface area (Å²) in [6.07, 6.45) is 7.90. The molecule has 7 nitrogen and oxygen atoms in total. The van der Waals surface area contributed by atoms with Crippen molar-refractivity contribution in [2.45, 2.75) is 57.2 Å². The molecule has 1 aromatic rings. The maximum absolute atomic E-state index is 12.2. The average Bonchev–Trinajstić information content (AvgIpc) is 3.05.